The van der Waals surface area contributed by atoms with Crippen LogP contribution in [0, 0.1) is 28.8 Å². The van der Waals surface area contributed by atoms with Gasteiger partial charge in [-0.1, -0.05) is 0 Å². The van der Waals surface area contributed by atoms with E-state index in [1.165, 1.54) is 24.3 Å². The highest BCUT2D eigenvalue weighted by molar-refractivity contribution is 5.37. The minimum absolute atomic E-state index is 0.104. The van der Waals surface area contributed by atoms with Gasteiger partial charge in [0, 0.05) is 11.6 Å². The average molecular weight is 263 g/mol. The topological polar surface area (TPSA) is 33.0 Å². The summed E-state index contributed by atoms with van der Waals surface area (Å²) in [5.74, 6) is -2.40. The van der Waals surface area contributed by atoms with Crippen LogP contribution >= 0.6 is 0 Å². The van der Waals surface area contributed by atoms with E-state index in [0.29, 0.717) is 5.56 Å². The molecular formula is C14H8F3NO. The highest BCUT2D eigenvalue weighted by Crippen LogP contribution is 2.18. The molecule has 0 saturated carbocycles. The first kappa shape index (κ1) is 13.0. The highest BCUT2D eigenvalue weighted by Gasteiger charge is 2.07. The Labute approximate surface area is 107 Å². The van der Waals surface area contributed by atoms with E-state index in [4.69, 9.17) is 10.00 Å². The third-order valence-electron chi connectivity index (χ3n) is 2.47. The predicted octanol–water partition coefficient (Wildman–Crippen LogP) is 3.55. The van der Waals surface area contributed by atoms with E-state index >= 15 is 0 Å². The van der Waals surface area contributed by atoms with Gasteiger partial charge < -0.3 is 4.74 Å². The number of nitriles is 1. The van der Waals surface area contributed by atoms with Gasteiger partial charge >= 0.3 is 0 Å². The van der Waals surface area contributed by atoms with Gasteiger partial charge in [-0.3, -0.25) is 0 Å². The molecule has 0 amide bonds. The number of nitrogens with zero attached hydrogens (tertiary/aromatic N) is 1. The Morgan fingerprint density at radius 3 is 2.47 bits per heavy atom. The zero-order valence-corrected chi connectivity index (χ0v) is 9.66. The van der Waals surface area contributed by atoms with Crippen molar-refractivity contribution >= 4 is 0 Å². The zero-order chi connectivity index (χ0) is 13.8. The van der Waals surface area contributed by atoms with Crippen LogP contribution in [0.2, 0.25) is 0 Å². The molecule has 0 saturated heterocycles. The fourth-order valence-corrected chi connectivity index (χ4v) is 1.52. The largest absolute Gasteiger partial charge is 0.489 e. The third-order valence-corrected chi connectivity index (χ3v) is 2.47. The third kappa shape index (κ3) is 3.05. The number of halogens is 3. The first-order valence-corrected chi connectivity index (χ1v) is 5.36. The second-order valence-corrected chi connectivity index (χ2v) is 3.78. The van der Waals surface area contributed by atoms with Crippen molar-refractivity contribution in [1.29, 1.82) is 5.26 Å². The van der Waals surface area contributed by atoms with Gasteiger partial charge in [-0.05, 0) is 30.3 Å². The van der Waals surface area contributed by atoms with Crippen molar-refractivity contribution in [2.75, 3.05) is 0 Å². The van der Waals surface area contributed by atoms with E-state index in [9.17, 15) is 13.2 Å². The normalized spacial score (nSPS) is 10.0. The first-order valence-electron chi connectivity index (χ1n) is 5.36. The second kappa shape index (κ2) is 5.44. The summed E-state index contributed by atoms with van der Waals surface area (Å²) < 4.78 is 43.9. The Morgan fingerprint density at radius 1 is 1.00 bits per heavy atom. The van der Waals surface area contributed by atoms with E-state index in [1.807, 2.05) is 6.07 Å². The van der Waals surface area contributed by atoms with Crippen molar-refractivity contribution in [1.82, 2.24) is 0 Å². The molecule has 0 N–H and O–H groups in total. The van der Waals surface area contributed by atoms with E-state index in [-0.39, 0.29) is 17.9 Å². The van der Waals surface area contributed by atoms with Gasteiger partial charge in [0.2, 0.25) is 0 Å². The number of hydrogen-bond donors (Lipinski definition) is 0. The van der Waals surface area contributed by atoms with Crippen LogP contribution in [0.5, 0.6) is 5.75 Å². The maximum absolute atomic E-state index is 13.1. The SMILES string of the molecule is N#Cc1ccc(F)cc1COc1ccc(F)c(F)c1. The second-order valence-electron chi connectivity index (χ2n) is 3.78. The van der Waals surface area contributed by atoms with Crippen molar-refractivity contribution < 1.29 is 17.9 Å². The molecule has 2 aromatic rings. The van der Waals surface area contributed by atoms with Crippen LogP contribution in [0.4, 0.5) is 13.2 Å². The summed E-state index contributed by atoms with van der Waals surface area (Å²) in [6, 6.07) is 8.64. The van der Waals surface area contributed by atoms with Gasteiger partial charge in [-0.15, -0.1) is 0 Å². The summed E-state index contributed by atoms with van der Waals surface area (Å²) in [4.78, 5) is 0. The maximum atomic E-state index is 13.1. The molecule has 0 unspecified atom stereocenters. The van der Waals surface area contributed by atoms with Crippen LogP contribution in [0.3, 0.4) is 0 Å². The summed E-state index contributed by atoms with van der Waals surface area (Å²) in [7, 11) is 0. The fraction of sp³-hybridized carbons (Fsp3) is 0.0714. The molecule has 0 aliphatic rings. The van der Waals surface area contributed by atoms with Gasteiger partial charge in [-0.25, -0.2) is 13.2 Å². The standard InChI is InChI=1S/C14H8F3NO/c15-11-2-1-9(7-18)10(5-11)8-19-12-3-4-13(16)14(17)6-12/h1-6H,8H2. The lowest BCUT2D eigenvalue weighted by atomic mass is 10.1. The summed E-state index contributed by atoms with van der Waals surface area (Å²) in [5, 5.41) is 8.85. The van der Waals surface area contributed by atoms with Crippen LogP contribution in [-0.2, 0) is 6.61 Å². The van der Waals surface area contributed by atoms with Crippen molar-refractivity contribution in [3.05, 3.63) is 65.0 Å². The molecule has 19 heavy (non-hydrogen) atoms. The summed E-state index contributed by atoms with van der Waals surface area (Å²) in [6.07, 6.45) is 0. The lowest BCUT2D eigenvalue weighted by Gasteiger charge is -2.08. The lowest BCUT2D eigenvalue weighted by Crippen LogP contribution is -2.00. The smallest absolute Gasteiger partial charge is 0.162 e. The van der Waals surface area contributed by atoms with Gasteiger partial charge in [0.25, 0.3) is 0 Å². The first-order chi connectivity index (χ1) is 9.10. The molecule has 2 rings (SSSR count). The maximum Gasteiger partial charge on any atom is 0.162 e. The summed E-state index contributed by atoms with van der Waals surface area (Å²) in [6.45, 7) is -0.105. The van der Waals surface area contributed by atoms with Gasteiger partial charge in [-0.2, -0.15) is 5.26 Å². The molecule has 0 bridgehead atoms. The number of hydrogen-bond acceptors (Lipinski definition) is 2. The fourth-order valence-electron chi connectivity index (χ4n) is 1.52. The van der Waals surface area contributed by atoms with E-state index in [1.54, 1.807) is 0 Å². The highest BCUT2D eigenvalue weighted by atomic mass is 19.2. The van der Waals surface area contributed by atoms with Crippen molar-refractivity contribution in [3.63, 3.8) is 0 Å². The molecule has 0 aromatic heterocycles. The summed E-state index contributed by atoms with van der Waals surface area (Å²) >= 11 is 0. The number of ether oxygens (including phenoxy) is 1. The molecule has 0 radical (unpaired) electrons. The molecule has 0 fully saturated rings. The molecule has 0 aliphatic heterocycles. The van der Waals surface area contributed by atoms with Crippen LogP contribution in [-0.4, -0.2) is 0 Å². The molecule has 0 atom stereocenters. The Morgan fingerprint density at radius 2 is 1.79 bits per heavy atom. The van der Waals surface area contributed by atoms with Crippen molar-refractivity contribution in [3.8, 4) is 11.8 Å². The number of rotatable bonds is 3. The van der Waals surface area contributed by atoms with Crippen LogP contribution in [0.15, 0.2) is 36.4 Å². The molecule has 2 nitrogen and oxygen atoms in total. The molecule has 5 heteroatoms. The molecule has 0 heterocycles. The van der Waals surface area contributed by atoms with Crippen molar-refractivity contribution in [2.24, 2.45) is 0 Å². The van der Waals surface area contributed by atoms with Gasteiger partial charge in [0.15, 0.2) is 11.6 Å². The van der Waals surface area contributed by atoms with E-state index in [0.717, 1.165) is 12.1 Å². The Hall–Kier alpha value is -2.48. The van der Waals surface area contributed by atoms with E-state index < -0.39 is 17.5 Å². The average Bonchev–Trinajstić information content (AvgIpc) is 2.40. The Bertz CT molecular complexity index is 650. The minimum atomic E-state index is -1.03. The molecule has 0 aliphatic carbocycles. The van der Waals surface area contributed by atoms with Crippen LogP contribution < -0.4 is 4.74 Å². The monoisotopic (exact) mass is 263 g/mol. The Balaban J connectivity index is 2.16. The molecule has 2 aromatic carbocycles. The van der Waals surface area contributed by atoms with Gasteiger partial charge in [0.1, 0.15) is 18.2 Å². The lowest BCUT2D eigenvalue weighted by molar-refractivity contribution is 0.302. The summed E-state index contributed by atoms with van der Waals surface area (Å²) in [5.41, 5.74) is 0.608. The Kier molecular flexibility index (Phi) is 3.71. The van der Waals surface area contributed by atoms with E-state index in [2.05, 4.69) is 0 Å². The predicted molar refractivity (Wildman–Crippen MR) is 61.8 cm³/mol. The molecule has 0 spiro atoms. The quantitative estimate of drug-likeness (QED) is 0.848. The zero-order valence-electron chi connectivity index (χ0n) is 9.66. The molecular weight excluding hydrogens is 255 g/mol. The van der Waals surface area contributed by atoms with Crippen LogP contribution in [0.25, 0.3) is 0 Å². The van der Waals surface area contributed by atoms with Gasteiger partial charge in [0.05, 0.1) is 11.6 Å². The number of benzene rings is 2. The minimum Gasteiger partial charge on any atom is -0.489 e. The van der Waals surface area contributed by atoms with Crippen molar-refractivity contribution in [2.45, 2.75) is 6.61 Å². The van der Waals surface area contributed by atoms with Crippen LogP contribution in [0.1, 0.15) is 11.1 Å². The molecule has 96 valence electrons.